The van der Waals surface area contributed by atoms with Crippen LogP contribution in [0.3, 0.4) is 0 Å². The van der Waals surface area contributed by atoms with Gasteiger partial charge in [-0.15, -0.1) is 0 Å². The Morgan fingerprint density at radius 1 is 1.50 bits per heavy atom. The molecule has 0 atom stereocenters. The average Bonchev–Trinajstić information content (AvgIpc) is 2.70. The van der Waals surface area contributed by atoms with Crippen LogP contribution in [0.1, 0.15) is 37.9 Å². The monoisotopic (exact) mass is 253 g/mol. The van der Waals surface area contributed by atoms with Gasteiger partial charge in [0, 0.05) is 25.4 Å². The summed E-state index contributed by atoms with van der Waals surface area (Å²) in [6.07, 6.45) is 4.84. The number of hydrogen-bond donors (Lipinski definition) is 1. The van der Waals surface area contributed by atoms with Crippen LogP contribution >= 0.6 is 0 Å². The van der Waals surface area contributed by atoms with E-state index < -0.39 is 0 Å². The van der Waals surface area contributed by atoms with E-state index in [-0.39, 0.29) is 12.5 Å². The molecule has 0 saturated heterocycles. The molecule has 0 aromatic carbocycles. The molecule has 0 aliphatic heterocycles. The molecule has 1 heterocycles. The summed E-state index contributed by atoms with van der Waals surface area (Å²) < 4.78 is 6.86. The number of carbonyl (C=O) groups is 1. The van der Waals surface area contributed by atoms with Crippen LogP contribution in [0.2, 0.25) is 0 Å². The standard InChI is InChI=1S/C13H23N3O2/c1-4-6-7-18-13(17)9-14-8-11-10-16(3)15-12(11)5-2/h10,14H,4-9H2,1-3H3. The summed E-state index contributed by atoms with van der Waals surface area (Å²) in [7, 11) is 1.90. The van der Waals surface area contributed by atoms with Crippen molar-refractivity contribution < 1.29 is 9.53 Å². The molecule has 0 spiro atoms. The zero-order valence-electron chi connectivity index (χ0n) is 11.5. The predicted octanol–water partition coefficient (Wildman–Crippen LogP) is 1.42. The summed E-state index contributed by atoms with van der Waals surface area (Å²) in [5.41, 5.74) is 2.21. The molecule has 0 aliphatic rings. The Morgan fingerprint density at radius 3 is 2.94 bits per heavy atom. The smallest absolute Gasteiger partial charge is 0.319 e. The molecule has 1 aromatic heterocycles. The first kappa shape index (κ1) is 14.7. The lowest BCUT2D eigenvalue weighted by Gasteiger charge is -2.05. The maximum absolute atomic E-state index is 11.4. The third kappa shape index (κ3) is 4.87. The molecule has 0 amide bonds. The Hall–Kier alpha value is -1.36. The molecule has 1 aromatic rings. The normalized spacial score (nSPS) is 10.6. The van der Waals surface area contributed by atoms with Crippen LogP contribution in [0.15, 0.2) is 6.20 Å². The number of aromatic nitrogens is 2. The van der Waals surface area contributed by atoms with Gasteiger partial charge in [-0.05, 0) is 12.8 Å². The van der Waals surface area contributed by atoms with Gasteiger partial charge in [0.25, 0.3) is 0 Å². The molecular weight excluding hydrogens is 230 g/mol. The van der Waals surface area contributed by atoms with Crippen molar-refractivity contribution in [3.63, 3.8) is 0 Å². The number of nitrogens with one attached hydrogen (secondary N) is 1. The molecule has 5 heteroatoms. The Kier molecular flexibility index (Phi) is 6.43. The molecule has 0 radical (unpaired) electrons. The number of hydrogen-bond acceptors (Lipinski definition) is 4. The Balaban J connectivity index is 2.26. The topological polar surface area (TPSA) is 56.1 Å². The SMILES string of the molecule is CCCCOC(=O)CNCc1cn(C)nc1CC. The fourth-order valence-corrected chi connectivity index (χ4v) is 1.71. The number of rotatable bonds is 8. The van der Waals surface area contributed by atoms with Crippen molar-refractivity contribution in [2.45, 2.75) is 39.7 Å². The fraction of sp³-hybridized carbons (Fsp3) is 0.692. The summed E-state index contributed by atoms with van der Waals surface area (Å²) in [6, 6.07) is 0. The molecular formula is C13H23N3O2. The van der Waals surface area contributed by atoms with Crippen molar-refractivity contribution in [3.05, 3.63) is 17.5 Å². The highest BCUT2D eigenvalue weighted by molar-refractivity contribution is 5.71. The first-order valence-corrected chi connectivity index (χ1v) is 6.55. The number of carbonyl (C=O) groups excluding carboxylic acids is 1. The van der Waals surface area contributed by atoms with E-state index in [1.165, 1.54) is 0 Å². The third-order valence-corrected chi connectivity index (χ3v) is 2.67. The molecule has 102 valence electrons. The van der Waals surface area contributed by atoms with Crippen LogP contribution in [-0.2, 0) is 29.5 Å². The highest BCUT2D eigenvalue weighted by Gasteiger charge is 2.07. The van der Waals surface area contributed by atoms with Gasteiger partial charge in [-0.2, -0.15) is 5.10 Å². The van der Waals surface area contributed by atoms with Gasteiger partial charge in [-0.3, -0.25) is 9.48 Å². The lowest BCUT2D eigenvalue weighted by molar-refractivity contribution is -0.142. The van der Waals surface area contributed by atoms with Gasteiger partial charge in [0.2, 0.25) is 0 Å². The second kappa shape index (κ2) is 7.87. The number of aryl methyl sites for hydroxylation is 2. The maximum Gasteiger partial charge on any atom is 0.319 e. The lowest BCUT2D eigenvalue weighted by Crippen LogP contribution is -2.24. The molecule has 0 unspecified atom stereocenters. The molecule has 0 saturated carbocycles. The molecule has 0 bridgehead atoms. The van der Waals surface area contributed by atoms with Crippen LogP contribution in [-0.4, -0.2) is 28.9 Å². The van der Waals surface area contributed by atoms with E-state index in [1.807, 2.05) is 13.2 Å². The highest BCUT2D eigenvalue weighted by Crippen LogP contribution is 2.06. The third-order valence-electron chi connectivity index (χ3n) is 2.67. The fourth-order valence-electron chi connectivity index (χ4n) is 1.71. The van der Waals surface area contributed by atoms with E-state index in [1.54, 1.807) is 4.68 Å². The van der Waals surface area contributed by atoms with Gasteiger partial charge in [-0.1, -0.05) is 20.3 Å². The minimum atomic E-state index is -0.189. The summed E-state index contributed by atoms with van der Waals surface area (Å²) in [5.74, 6) is -0.189. The van der Waals surface area contributed by atoms with Gasteiger partial charge < -0.3 is 10.1 Å². The molecule has 5 nitrogen and oxygen atoms in total. The van der Waals surface area contributed by atoms with Crippen molar-refractivity contribution in [1.82, 2.24) is 15.1 Å². The summed E-state index contributed by atoms with van der Waals surface area (Å²) >= 11 is 0. The molecule has 0 aliphatic carbocycles. The van der Waals surface area contributed by atoms with Crippen LogP contribution in [0, 0.1) is 0 Å². The largest absolute Gasteiger partial charge is 0.465 e. The molecule has 0 fully saturated rings. The number of esters is 1. The van der Waals surface area contributed by atoms with Crippen LogP contribution in [0.5, 0.6) is 0 Å². The number of ether oxygens (including phenoxy) is 1. The van der Waals surface area contributed by atoms with Gasteiger partial charge in [0.15, 0.2) is 0 Å². The van der Waals surface area contributed by atoms with E-state index in [4.69, 9.17) is 4.74 Å². The first-order chi connectivity index (χ1) is 8.67. The minimum Gasteiger partial charge on any atom is -0.465 e. The van der Waals surface area contributed by atoms with Crippen molar-refractivity contribution in [1.29, 1.82) is 0 Å². The van der Waals surface area contributed by atoms with Crippen LogP contribution in [0.25, 0.3) is 0 Å². The van der Waals surface area contributed by atoms with E-state index in [9.17, 15) is 4.79 Å². The second-order valence-electron chi connectivity index (χ2n) is 4.31. The van der Waals surface area contributed by atoms with E-state index in [0.717, 1.165) is 30.5 Å². The molecule has 1 N–H and O–H groups in total. The van der Waals surface area contributed by atoms with Crippen molar-refractivity contribution >= 4 is 5.97 Å². The van der Waals surface area contributed by atoms with E-state index >= 15 is 0 Å². The zero-order chi connectivity index (χ0) is 13.4. The van der Waals surface area contributed by atoms with Crippen LogP contribution < -0.4 is 5.32 Å². The van der Waals surface area contributed by atoms with Crippen molar-refractivity contribution in [3.8, 4) is 0 Å². The van der Waals surface area contributed by atoms with Crippen molar-refractivity contribution in [2.75, 3.05) is 13.2 Å². The van der Waals surface area contributed by atoms with E-state index in [0.29, 0.717) is 13.2 Å². The summed E-state index contributed by atoms with van der Waals surface area (Å²) in [4.78, 5) is 11.4. The quantitative estimate of drug-likeness (QED) is 0.562. The van der Waals surface area contributed by atoms with Gasteiger partial charge >= 0.3 is 5.97 Å². The lowest BCUT2D eigenvalue weighted by atomic mass is 10.2. The Labute approximate surface area is 109 Å². The minimum absolute atomic E-state index is 0.189. The number of nitrogens with zero attached hydrogens (tertiary/aromatic N) is 2. The average molecular weight is 253 g/mol. The summed E-state index contributed by atoms with van der Waals surface area (Å²) in [6.45, 7) is 5.57. The molecule has 1 rings (SSSR count). The van der Waals surface area contributed by atoms with Crippen LogP contribution in [0.4, 0.5) is 0 Å². The predicted molar refractivity (Wildman–Crippen MR) is 70.2 cm³/mol. The second-order valence-corrected chi connectivity index (χ2v) is 4.31. The zero-order valence-corrected chi connectivity index (χ0v) is 11.5. The van der Waals surface area contributed by atoms with E-state index in [2.05, 4.69) is 24.3 Å². The van der Waals surface area contributed by atoms with Gasteiger partial charge in [-0.25, -0.2) is 0 Å². The van der Waals surface area contributed by atoms with Gasteiger partial charge in [0.05, 0.1) is 18.8 Å². The highest BCUT2D eigenvalue weighted by atomic mass is 16.5. The maximum atomic E-state index is 11.4. The van der Waals surface area contributed by atoms with Gasteiger partial charge in [0.1, 0.15) is 0 Å². The number of unbranched alkanes of at least 4 members (excludes halogenated alkanes) is 1. The first-order valence-electron chi connectivity index (χ1n) is 6.55. The Morgan fingerprint density at radius 2 is 2.28 bits per heavy atom. The van der Waals surface area contributed by atoms with Crippen molar-refractivity contribution in [2.24, 2.45) is 7.05 Å². The molecule has 18 heavy (non-hydrogen) atoms. The Bertz CT molecular complexity index is 374. The summed E-state index contributed by atoms with van der Waals surface area (Å²) in [5, 5.41) is 7.44.